The van der Waals surface area contributed by atoms with Gasteiger partial charge in [0.15, 0.2) is 0 Å². The molecule has 0 aromatic heterocycles. The summed E-state index contributed by atoms with van der Waals surface area (Å²) in [6.07, 6.45) is 9.78. The van der Waals surface area contributed by atoms with E-state index >= 15 is 0 Å². The fraction of sp³-hybridized carbons (Fsp3) is 0.947. The van der Waals surface area contributed by atoms with Crippen LogP contribution in [0.3, 0.4) is 0 Å². The second kappa shape index (κ2) is 10.4. The van der Waals surface area contributed by atoms with Crippen LogP contribution in [-0.4, -0.2) is 18.0 Å². The lowest BCUT2D eigenvalue weighted by Gasteiger charge is -2.19. The summed E-state index contributed by atoms with van der Waals surface area (Å²) in [5.74, 6) is 0.405. The molecule has 0 aromatic rings. The van der Waals surface area contributed by atoms with Crippen LogP contribution in [-0.2, 0) is 9.53 Å². The van der Waals surface area contributed by atoms with E-state index in [4.69, 9.17) is 4.74 Å². The molecule has 0 aliphatic carbocycles. The van der Waals surface area contributed by atoms with Crippen molar-refractivity contribution in [2.45, 2.75) is 105 Å². The molecule has 0 aromatic carbocycles. The molecule has 0 bridgehead atoms. The fourth-order valence-corrected chi connectivity index (χ4v) is 2.28. The van der Waals surface area contributed by atoms with Gasteiger partial charge in [0.05, 0.1) is 5.60 Å². The minimum absolute atomic E-state index is 0.0872. The average molecular weight is 299 g/mol. The van der Waals surface area contributed by atoms with Crippen molar-refractivity contribution in [2.24, 2.45) is 5.41 Å². The van der Waals surface area contributed by atoms with Crippen molar-refractivity contribution in [1.82, 2.24) is 0 Å². The standard InChI is InChI=1S/C19H38O2/c1-18(2,3)15-11-9-7-8-10-13-17(20)14-12-16-21-19(4,5)6/h7-16H2,1-6H3. The van der Waals surface area contributed by atoms with Gasteiger partial charge in [-0.1, -0.05) is 46.5 Å². The molecule has 2 nitrogen and oxygen atoms in total. The third-order valence-electron chi connectivity index (χ3n) is 3.52. The van der Waals surface area contributed by atoms with Gasteiger partial charge >= 0.3 is 0 Å². The zero-order chi connectivity index (χ0) is 16.4. The molecule has 0 saturated heterocycles. The van der Waals surface area contributed by atoms with Crippen molar-refractivity contribution < 1.29 is 9.53 Å². The maximum atomic E-state index is 11.7. The molecule has 0 fully saturated rings. The fourth-order valence-electron chi connectivity index (χ4n) is 2.28. The van der Waals surface area contributed by atoms with Gasteiger partial charge in [0, 0.05) is 19.4 Å². The highest BCUT2D eigenvalue weighted by Crippen LogP contribution is 2.22. The van der Waals surface area contributed by atoms with Crippen LogP contribution in [0.5, 0.6) is 0 Å². The van der Waals surface area contributed by atoms with Crippen LogP contribution in [0.1, 0.15) is 99.3 Å². The van der Waals surface area contributed by atoms with Crippen molar-refractivity contribution in [3.63, 3.8) is 0 Å². The molecule has 0 radical (unpaired) electrons. The molecular formula is C19H38O2. The predicted molar refractivity (Wildman–Crippen MR) is 91.7 cm³/mol. The Bertz CT molecular complexity index is 268. The first-order valence-corrected chi connectivity index (χ1v) is 8.76. The lowest BCUT2D eigenvalue weighted by atomic mass is 9.89. The lowest BCUT2D eigenvalue weighted by molar-refractivity contribution is -0.119. The Labute approximate surface area is 133 Å². The Morgan fingerprint density at radius 3 is 1.86 bits per heavy atom. The normalized spacial score (nSPS) is 12.7. The van der Waals surface area contributed by atoms with Crippen molar-refractivity contribution >= 4 is 5.78 Å². The number of hydrogen-bond acceptors (Lipinski definition) is 2. The Morgan fingerprint density at radius 1 is 0.762 bits per heavy atom. The summed E-state index contributed by atoms with van der Waals surface area (Å²) in [5, 5.41) is 0. The molecule has 0 atom stereocenters. The van der Waals surface area contributed by atoms with E-state index in [2.05, 4.69) is 41.5 Å². The molecule has 0 heterocycles. The molecule has 0 aliphatic rings. The van der Waals surface area contributed by atoms with E-state index in [0.717, 1.165) is 19.3 Å². The average Bonchev–Trinajstić information content (AvgIpc) is 2.31. The molecule has 0 aliphatic heterocycles. The molecule has 0 rings (SSSR count). The molecule has 0 saturated carbocycles. The van der Waals surface area contributed by atoms with Gasteiger partial charge in [0.1, 0.15) is 5.78 Å². The predicted octanol–water partition coefficient (Wildman–Crippen LogP) is 5.93. The van der Waals surface area contributed by atoms with Crippen LogP contribution < -0.4 is 0 Å². The maximum Gasteiger partial charge on any atom is 0.132 e. The maximum absolute atomic E-state index is 11.7. The SMILES string of the molecule is CC(C)(C)CCCCCCCC(=O)CCCOC(C)(C)C. The second-order valence-electron chi connectivity index (χ2n) is 8.43. The smallest absolute Gasteiger partial charge is 0.132 e. The Morgan fingerprint density at radius 2 is 1.29 bits per heavy atom. The Hall–Kier alpha value is -0.370. The van der Waals surface area contributed by atoms with Gasteiger partial charge in [-0.25, -0.2) is 0 Å². The molecule has 126 valence electrons. The minimum atomic E-state index is -0.0872. The number of carbonyl (C=O) groups excluding carboxylic acids is 1. The molecule has 0 amide bonds. The van der Waals surface area contributed by atoms with Crippen molar-refractivity contribution in [1.29, 1.82) is 0 Å². The number of Topliss-reactive ketones (excluding diaryl/α,β-unsaturated/α-hetero) is 1. The molecule has 0 unspecified atom stereocenters. The number of hydrogen-bond donors (Lipinski definition) is 0. The van der Waals surface area contributed by atoms with E-state index in [-0.39, 0.29) is 5.60 Å². The van der Waals surface area contributed by atoms with E-state index in [1.807, 2.05) is 0 Å². The van der Waals surface area contributed by atoms with Crippen LogP contribution in [0.2, 0.25) is 0 Å². The Kier molecular flexibility index (Phi) is 10.2. The monoisotopic (exact) mass is 298 g/mol. The number of unbranched alkanes of at least 4 members (excludes halogenated alkanes) is 4. The third-order valence-corrected chi connectivity index (χ3v) is 3.52. The summed E-state index contributed by atoms with van der Waals surface area (Å²) in [7, 11) is 0. The summed E-state index contributed by atoms with van der Waals surface area (Å²) < 4.78 is 5.62. The van der Waals surface area contributed by atoms with E-state index in [9.17, 15) is 4.79 Å². The van der Waals surface area contributed by atoms with E-state index < -0.39 is 0 Å². The number of rotatable bonds is 11. The van der Waals surface area contributed by atoms with Gasteiger partial charge in [-0.3, -0.25) is 4.79 Å². The summed E-state index contributed by atoms with van der Waals surface area (Å²) >= 11 is 0. The minimum Gasteiger partial charge on any atom is -0.376 e. The largest absolute Gasteiger partial charge is 0.376 e. The molecule has 21 heavy (non-hydrogen) atoms. The first-order chi connectivity index (χ1) is 9.60. The van der Waals surface area contributed by atoms with Crippen LogP contribution in [0, 0.1) is 5.41 Å². The number of ether oxygens (including phenoxy) is 1. The van der Waals surface area contributed by atoms with Gasteiger partial charge in [-0.15, -0.1) is 0 Å². The van der Waals surface area contributed by atoms with E-state index in [0.29, 0.717) is 24.2 Å². The summed E-state index contributed by atoms with van der Waals surface area (Å²) in [4.78, 5) is 11.7. The topological polar surface area (TPSA) is 26.3 Å². The lowest BCUT2D eigenvalue weighted by Crippen LogP contribution is -2.20. The van der Waals surface area contributed by atoms with Gasteiger partial charge < -0.3 is 4.74 Å². The van der Waals surface area contributed by atoms with Crippen LogP contribution >= 0.6 is 0 Å². The highest BCUT2D eigenvalue weighted by Gasteiger charge is 2.10. The zero-order valence-electron chi connectivity index (χ0n) is 15.4. The van der Waals surface area contributed by atoms with Gasteiger partial charge in [0.2, 0.25) is 0 Å². The number of ketones is 1. The number of carbonyl (C=O) groups is 1. The van der Waals surface area contributed by atoms with Crippen LogP contribution in [0.25, 0.3) is 0 Å². The van der Waals surface area contributed by atoms with Crippen LogP contribution in [0.15, 0.2) is 0 Å². The second-order valence-corrected chi connectivity index (χ2v) is 8.43. The quantitative estimate of drug-likeness (QED) is 0.442. The first-order valence-electron chi connectivity index (χ1n) is 8.76. The molecular weight excluding hydrogens is 260 g/mol. The zero-order valence-corrected chi connectivity index (χ0v) is 15.4. The third kappa shape index (κ3) is 17.6. The van der Waals surface area contributed by atoms with Crippen molar-refractivity contribution in [3.05, 3.63) is 0 Å². The van der Waals surface area contributed by atoms with E-state index in [1.165, 1.54) is 32.1 Å². The van der Waals surface area contributed by atoms with Crippen molar-refractivity contribution in [2.75, 3.05) is 6.61 Å². The van der Waals surface area contributed by atoms with Gasteiger partial charge in [0.25, 0.3) is 0 Å². The van der Waals surface area contributed by atoms with Crippen LogP contribution in [0.4, 0.5) is 0 Å². The van der Waals surface area contributed by atoms with Gasteiger partial charge in [-0.05, 0) is 45.4 Å². The first kappa shape index (κ1) is 20.6. The Balaban J connectivity index is 3.35. The van der Waals surface area contributed by atoms with Gasteiger partial charge in [-0.2, -0.15) is 0 Å². The highest BCUT2D eigenvalue weighted by molar-refractivity contribution is 5.78. The molecule has 2 heteroatoms. The summed E-state index contributed by atoms with van der Waals surface area (Å²) in [5.41, 5.74) is 0.376. The summed E-state index contributed by atoms with van der Waals surface area (Å²) in [6.45, 7) is 13.7. The molecule has 0 spiro atoms. The van der Waals surface area contributed by atoms with Crippen molar-refractivity contribution in [3.8, 4) is 0 Å². The summed E-state index contributed by atoms with van der Waals surface area (Å²) in [6, 6.07) is 0. The molecule has 0 N–H and O–H groups in total. The highest BCUT2D eigenvalue weighted by atomic mass is 16.5. The van der Waals surface area contributed by atoms with E-state index in [1.54, 1.807) is 0 Å².